The number of carbonyl (C=O) groups excluding carboxylic acids is 1. The molecule has 2 rings (SSSR count). The monoisotopic (exact) mass is 278 g/mol. The molecular weight excluding hydrogens is 256 g/mol. The Kier molecular flexibility index (Phi) is 4.84. The topological polar surface area (TPSA) is 73.6 Å². The Bertz CT molecular complexity index is 474. The molecule has 0 saturated heterocycles. The van der Waals surface area contributed by atoms with E-state index in [1.807, 2.05) is 32.0 Å². The first kappa shape index (κ1) is 14.7. The van der Waals surface area contributed by atoms with Gasteiger partial charge in [-0.1, -0.05) is 19.9 Å². The van der Waals surface area contributed by atoms with Gasteiger partial charge in [0, 0.05) is 6.54 Å². The molecule has 1 aromatic carbocycles. The zero-order valence-electron chi connectivity index (χ0n) is 12.0. The van der Waals surface area contributed by atoms with Gasteiger partial charge in [-0.05, 0) is 30.0 Å². The average molecular weight is 278 g/mol. The minimum Gasteiger partial charge on any atom is -0.486 e. The minimum absolute atomic E-state index is 0.0995. The summed E-state index contributed by atoms with van der Waals surface area (Å²) in [6.07, 6.45) is 0.743. The molecule has 5 heteroatoms. The number of ether oxygens (including phenoxy) is 2. The Morgan fingerprint density at radius 3 is 2.70 bits per heavy atom. The van der Waals surface area contributed by atoms with Crippen LogP contribution >= 0.6 is 0 Å². The van der Waals surface area contributed by atoms with Crippen LogP contribution in [0.15, 0.2) is 18.2 Å². The predicted molar refractivity (Wildman–Crippen MR) is 77.0 cm³/mol. The third kappa shape index (κ3) is 3.63. The van der Waals surface area contributed by atoms with Crippen LogP contribution < -0.4 is 20.5 Å². The zero-order chi connectivity index (χ0) is 14.5. The molecular formula is C15H22N2O3. The quantitative estimate of drug-likeness (QED) is 0.846. The molecule has 1 heterocycles. The Labute approximate surface area is 119 Å². The summed E-state index contributed by atoms with van der Waals surface area (Å²) in [6.45, 7) is 5.61. The minimum atomic E-state index is -0.449. The number of amides is 1. The van der Waals surface area contributed by atoms with Crippen LogP contribution in [0.2, 0.25) is 0 Å². The average Bonchev–Trinajstić information content (AvgIpc) is 2.46. The number of rotatable bonds is 5. The first-order valence-electron chi connectivity index (χ1n) is 6.99. The normalized spacial score (nSPS) is 15.0. The molecule has 1 aliphatic heterocycles. The first-order valence-corrected chi connectivity index (χ1v) is 6.99. The van der Waals surface area contributed by atoms with Crippen LogP contribution in [0.3, 0.4) is 0 Å². The molecule has 0 saturated carbocycles. The third-order valence-electron chi connectivity index (χ3n) is 3.34. The van der Waals surface area contributed by atoms with Crippen LogP contribution in [-0.4, -0.2) is 31.7 Å². The lowest BCUT2D eigenvalue weighted by atomic mass is 10.0. The van der Waals surface area contributed by atoms with Gasteiger partial charge in [-0.25, -0.2) is 0 Å². The summed E-state index contributed by atoms with van der Waals surface area (Å²) in [5.41, 5.74) is 6.89. The second-order valence-corrected chi connectivity index (χ2v) is 5.29. The van der Waals surface area contributed by atoms with Crippen molar-refractivity contribution in [1.82, 2.24) is 5.32 Å². The van der Waals surface area contributed by atoms with E-state index in [9.17, 15) is 4.79 Å². The number of nitrogens with one attached hydrogen (secondary N) is 1. The van der Waals surface area contributed by atoms with Gasteiger partial charge in [-0.2, -0.15) is 0 Å². The highest BCUT2D eigenvalue weighted by Crippen LogP contribution is 2.30. The first-order chi connectivity index (χ1) is 9.58. The Morgan fingerprint density at radius 1 is 1.30 bits per heavy atom. The molecule has 1 atom stereocenters. The van der Waals surface area contributed by atoms with E-state index in [0.29, 0.717) is 19.8 Å². The molecule has 0 aromatic heterocycles. The highest BCUT2D eigenvalue weighted by molar-refractivity contribution is 5.81. The summed E-state index contributed by atoms with van der Waals surface area (Å²) in [7, 11) is 0. The molecule has 1 aliphatic rings. The zero-order valence-corrected chi connectivity index (χ0v) is 12.0. The van der Waals surface area contributed by atoms with Gasteiger partial charge in [-0.15, -0.1) is 0 Å². The highest BCUT2D eigenvalue weighted by Gasteiger charge is 2.16. The van der Waals surface area contributed by atoms with Crippen molar-refractivity contribution < 1.29 is 14.3 Å². The van der Waals surface area contributed by atoms with Gasteiger partial charge < -0.3 is 20.5 Å². The van der Waals surface area contributed by atoms with E-state index < -0.39 is 6.04 Å². The molecule has 0 bridgehead atoms. The van der Waals surface area contributed by atoms with Gasteiger partial charge in [-0.3, -0.25) is 4.79 Å². The highest BCUT2D eigenvalue weighted by atomic mass is 16.6. The molecule has 3 N–H and O–H groups in total. The lowest BCUT2D eigenvalue weighted by Gasteiger charge is -2.19. The largest absolute Gasteiger partial charge is 0.486 e. The summed E-state index contributed by atoms with van der Waals surface area (Å²) in [5.74, 6) is 1.60. The number of hydrogen-bond donors (Lipinski definition) is 2. The molecule has 5 nitrogen and oxygen atoms in total. The van der Waals surface area contributed by atoms with Crippen molar-refractivity contribution >= 4 is 5.91 Å². The smallest absolute Gasteiger partial charge is 0.237 e. The molecule has 0 radical (unpaired) electrons. The van der Waals surface area contributed by atoms with Gasteiger partial charge in [0.05, 0.1) is 6.04 Å². The second-order valence-electron chi connectivity index (χ2n) is 5.29. The predicted octanol–water partition coefficient (Wildman–Crippen LogP) is 1.10. The van der Waals surface area contributed by atoms with E-state index in [2.05, 4.69) is 5.32 Å². The van der Waals surface area contributed by atoms with Crippen molar-refractivity contribution in [2.75, 3.05) is 19.8 Å². The molecule has 1 aromatic rings. The van der Waals surface area contributed by atoms with E-state index in [4.69, 9.17) is 15.2 Å². The van der Waals surface area contributed by atoms with Crippen molar-refractivity contribution in [3.8, 4) is 11.5 Å². The molecule has 0 fully saturated rings. The maximum absolute atomic E-state index is 11.7. The van der Waals surface area contributed by atoms with Gasteiger partial charge in [0.25, 0.3) is 0 Å². The van der Waals surface area contributed by atoms with Crippen LogP contribution in [0.25, 0.3) is 0 Å². The molecule has 20 heavy (non-hydrogen) atoms. The molecule has 110 valence electrons. The summed E-state index contributed by atoms with van der Waals surface area (Å²) >= 11 is 0. The SMILES string of the molecule is CC(C)[C@@H](N)C(=O)NCCc1ccc2c(c1)OCCO2. The summed E-state index contributed by atoms with van der Waals surface area (Å²) in [6, 6.07) is 5.41. The van der Waals surface area contributed by atoms with Crippen LogP contribution in [0.4, 0.5) is 0 Å². The Morgan fingerprint density at radius 2 is 2.00 bits per heavy atom. The van der Waals surface area contributed by atoms with E-state index in [0.717, 1.165) is 23.5 Å². The van der Waals surface area contributed by atoms with Crippen molar-refractivity contribution in [2.45, 2.75) is 26.3 Å². The summed E-state index contributed by atoms with van der Waals surface area (Å²) in [5, 5.41) is 2.86. The van der Waals surface area contributed by atoms with Gasteiger partial charge in [0.2, 0.25) is 5.91 Å². The number of carbonyl (C=O) groups is 1. The summed E-state index contributed by atoms with van der Waals surface area (Å²) < 4.78 is 11.0. The van der Waals surface area contributed by atoms with E-state index in [1.54, 1.807) is 0 Å². The number of benzene rings is 1. The summed E-state index contributed by atoms with van der Waals surface area (Å²) in [4.78, 5) is 11.7. The van der Waals surface area contributed by atoms with E-state index >= 15 is 0 Å². The van der Waals surface area contributed by atoms with Gasteiger partial charge >= 0.3 is 0 Å². The van der Waals surface area contributed by atoms with Crippen molar-refractivity contribution in [2.24, 2.45) is 11.7 Å². The lowest BCUT2D eigenvalue weighted by Crippen LogP contribution is -2.44. The van der Waals surface area contributed by atoms with E-state index in [-0.39, 0.29) is 11.8 Å². The van der Waals surface area contributed by atoms with Crippen LogP contribution in [-0.2, 0) is 11.2 Å². The van der Waals surface area contributed by atoms with Crippen molar-refractivity contribution in [3.05, 3.63) is 23.8 Å². The maximum Gasteiger partial charge on any atom is 0.237 e. The fourth-order valence-electron chi connectivity index (χ4n) is 1.99. The van der Waals surface area contributed by atoms with E-state index in [1.165, 1.54) is 0 Å². The molecule has 0 aliphatic carbocycles. The number of fused-ring (bicyclic) bond motifs is 1. The Balaban J connectivity index is 1.84. The number of hydrogen-bond acceptors (Lipinski definition) is 4. The Hall–Kier alpha value is -1.75. The fraction of sp³-hybridized carbons (Fsp3) is 0.533. The standard InChI is InChI=1S/C15H22N2O3/c1-10(2)14(16)15(18)17-6-5-11-3-4-12-13(9-11)20-8-7-19-12/h3-4,9-10,14H,5-8,16H2,1-2H3,(H,17,18)/t14-/m1/s1. The number of nitrogens with two attached hydrogens (primary N) is 1. The van der Waals surface area contributed by atoms with Crippen LogP contribution in [0.1, 0.15) is 19.4 Å². The second kappa shape index (κ2) is 6.61. The van der Waals surface area contributed by atoms with Crippen LogP contribution in [0.5, 0.6) is 11.5 Å². The molecule has 1 amide bonds. The molecule has 0 spiro atoms. The van der Waals surface area contributed by atoms with Gasteiger partial charge in [0.1, 0.15) is 13.2 Å². The molecule has 0 unspecified atom stereocenters. The maximum atomic E-state index is 11.7. The van der Waals surface area contributed by atoms with Crippen molar-refractivity contribution in [1.29, 1.82) is 0 Å². The lowest BCUT2D eigenvalue weighted by molar-refractivity contribution is -0.123. The third-order valence-corrected chi connectivity index (χ3v) is 3.34. The van der Waals surface area contributed by atoms with Crippen molar-refractivity contribution in [3.63, 3.8) is 0 Å². The fourth-order valence-corrected chi connectivity index (χ4v) is 1.99. The van der Waals surface area contributed by atoms with Gasteiger partial charge in [0.15, 0.2) is 11.5 Å². The van der Waals surface area contributed by atoms with Crippen LogP contribution in [0, 0.1) is 5.92 Å².